The van der Waals surface area contributed by atoms with Gasteiger partial charge in [0.2, 0.25) is 0 Å². The molecule has 116 valence electrons. The molecule has 7 heteroatoms. The molecule has 0 unspecified atom stereocenters. The summed E-state index contributed by atoms with van der Waals surface area (Å²) < 4.78 is 14.6. The highest BCUT2D eigenvalue weighted by Crippen LogP contribution is 2.38. The van der Waals surface area contributed by atoms with Crippen molar-refractivity contribution in [3.63, 3.8) is 0 Å². The fourth-order valence-corrected chi connectivity index (χ4v) is 3.09. The molecule has 1 fully saturated rings. The van der Waals surface area contributed by atoms with Crippen molar-refractivity contribution in [3.05, 3.63) is 57.2 Å². The number of aliphatic hydroxyl groups excluding tert-OH is 1. The van der Waals surface area contributed by atoms with Gasteiger partial charge in [-0.25, -0.2) is 9.07 Å². The molecule has 0 amide bonds. The van der Waals surface area contributed by atoms with E-state index in [4.69, 9.17) is 11.6 Å². The largest absolute Gasteiger partial charge is 0.391 e. The molecule has 0 radical (unpaired) electrons. The molecule has 1 aromatic heterocycles. The first kappa shape index (κ1) is 15.0. The van der Waals surface area contributed by atoms with Crippen LogP contribution in [-0.2, 0) is 7.05 Å². The van der Waals surface area contributed by atoms with Crippen molar-refractivity contribution >= 4 is 17.3 Å². The third-order valence-electron chi connectivity index (χ3n) is 3.88. The van der Waals surface area contributed by atoms with Crippen LogP contribution in [-0.4, -0.2) is 27.5 Å². The van der Waals surface area contributed by atoms with Gasteiger partial charge in [-0.1, -0.05) is 23.7 Å². The lowest BCUT2D eigenvalue weighted by Crippen LogP contribution is -2.29. The summed E-state index contributed by atoms with van der Waals surface area (Å²) in [6.45, 7) is 0.315. The van der Waals surface area contributed by atoms with E-state index in [1.54, 1.807) is 17.0 Å². The Kier molecular flexibility index (Phi) is 3.88. The molecule has 5 nitrogen and oxygen atoms in total. The highest BCUT2D eigenvalue weighted by Gasteiger charge is 2.34. The molecule has 3 rings (SSSR count). The Bertz CT molecular complexity index is 765. The Morgan fingerprint density at radius 2 is 2.23 bits per heavy atom. The van der Waals surface area contributed by atoms with Crippen LogP contribution in [0.3, 0.4) is 0 Å². The first-order chi connectivity index (χ1) is 10.5. The Morgan fingerprint density at radius 1 is 1.45 bits per heavy atom. The fraction of sp³-hybridized carbons (Fsp3) is 0.333. The van der Waals surface area contributed by atoms with Gasteiger partial charge in [-0.05, 0) is 24.1 Å². The van der Waals surface area contributed by atoms with Crippen LogP contribution < -0.4 is 10.5 Å². The van der Waals surface area contributed by atoms with E-state index in [2.05, 4.69) is 5.10 Å². The van der Waals surface area contributed by atoms with Gasteiger partial charge in [-0.3, -0.25) is 4.79 Å². The zero-order valence-electron chi connectivity index (χ0n) is 11.9. The zero-order valence-corrected chi connectivity index (χ0v) is 12.7. The van der Waals surface area contributed by atoms with Crippen LogP contribution in [0.5, 0.6) is 0 Å². The van der Waals surface area contributed by atoms with Crippen molar-refractivity contribution in [1.82, 2.24) is 9.78 Å². The Balaban J connectivity index is 2.05. The average molecular weight is 324 g/mol. The van der Waals surface area contributed by atoms with E-state index in [-0.39, 0.29) is 16.9 Å². The van der Waals surface area contributed by atoms with Crippen LogP contribution in [0.2, 0.25) is 5.02 Å². The normalized spacial score (nSPS) is 21.4. The Hall–Kier alpha value is -1.92. The number of benzene rings is 1. The second-order valence-electron chi connectivity index (χ2n) is 5.39. The molecule has 2 heterocycles. The van der Waals surface area contributed by atoms with Crippen LogP contribution in [0.1, 0.15) is 18.0 Å². The molecule has 1 saturated heterocycles. The minimum absolute atomic E-state index is 0.0491. The van der Waals surface area contributed by atoms with E-state index in [0.717, 1.165) is 10.2 Å². The lowest BCUT2D eigenvalue weighted by Gasteiger charge is -2.27. The van der Waals surface area contributed by atoms with Gasteiger partial charge in [0.05, 0.1) is 24.0 Å². The summed E-state index contributed by atoms with van der Waals surface area (Å²) in [5.74, 6) is -0.341. The Morgan fingerprint density at radius 3 is 2.95 bits per heavy atom. The highest BCUT2D eigenvalue weighted by molar-refractivity contribution is 6.33. The predicted octanol–water partition coefficient (Wildman–Crippen LogP) is 1.89. The van der Waals surface area contributed by atoms with Crippen LogP contribution in [0.25, 0.3) is 0 Å². The van der Waals surface area contributed by atoms with Crippen LogP contribution in [0, 0.1) is 5.82 Å². The lowest BCUT2D eigenvalue weighted by molar-refractivity contribution is 0.194. The van der Waals surface area contributed by atoms with E-state index in [0.29, 0.717) is 18.7 Å². The molecule has 1 N–H and O–H groups in total. The van der Waals surface area contributed by atoms with Gasteiger partial charge in [-0.15, -0.1) is 0 Å². The maximum absolute atomic E-state index is 13.5. The summed E-state index contributed by atoms with van der Waals surface area (Å²) >= 11 is 6.14. The number of aliphatic hydroxyl groups is 1. The molecule has 0 bridgehead atoms. The summed E-state index contributed by atoms with van der Waals surface area (Å²) in [6.07, 6.45) is 1.36. The Labute approximate surface area is 131 Å². The maximum atomic E-state index is 13.5. The molecule has 0 spiro atoms. The number of hydrogen-bond acceptors (Lipinski definition) is 4. The van der Waals surface area contributed by atoms with Gasteiger partial charge < -0.3 is 10.0 Å². The summed E-state index contributed by atoms with van der Waals surface area (Å²) in [5.41, 5.74) is 0.780. The summed E-state index contributed by atoms with van der Waals surface area (Å²) in [7, 11) is 1.51. The molecule has 1 aliphatic heterocycles. The molecule has 1 aromatic carbocycles. The van der Waals surface area contributed by atoms with Gasteiger partial charge >= 0.3 is 0 Å². The van der Waals surface area contributed by atoms with Gasteiger partial charge in [0.25, 0.3) is 5.56 Å². The van der Waals surface area contributed by atoms with E-state index >= 15 is 0 Å². The summed E-state index contributed by atoms with van der Waals surface area (Å²) in [5, 5.41) is 14.0. The predicted molar refractivity (Wildman–Crippen MR) is 81.6 cm³/mol. The van der Waals surface area contributed by atoms with Crippen molar-refractivity contribution in [1.29, 1.82) is 0 Å². The second-order valence-corrected chi connectivity index (χ2v) is 5.76. The number of β-amino-alcohol motifs (C(OH)–C–C–N with tert-alkyl or cyclic N) is 1. The zero-order chi connectivity index (χ0) is 15.9. The molecule has 1 aliphatic rings. The smallest absolute Gasteiger partial charge is 0.287 e. The van der Waals surface area contributed by atoms with Crippen LogP contribution >= 0.6 is 11.6 Å². The number of nitrogens with zero attached hydrogens (tertiary/aromatic N) is 3. The molecular formula is C15H15ClFN3O2. The third kappa shape index (κ3) is 2.60. The van der Waals surface area contributed by atoms with Gasteiger partial charge in [-0.2, -0.15) is 5.10 Å². The number of hydrogen-bond donors (Lipinski definition) is 1. The van der Waals surface area contributed by atoms with E-state index < -0.39 is 11.7 Å². The first-order valence-electron chi connectivity index (χ1n) is 6.89. The highest BCUT2D eigenvalue weighted by atomic mass is 35.5. The van der Waals surface area contributed by atoms with E-state index in [1.165, 1.54) is 25.4 Å². The number of anilines is 1. The maximum Gasteiger partial charge on any atom is 0.287 e. The van der Waals surface area contributed by atoms with Gasteiger partial charge in [0, 0.05) is 13.6 Å². The minimum atomic E-state index is -0.576. The van der Waals surface area contributed by atoms with E-state index in [9.17, 15) is 14.3 Å². The molecular weight excluding hydrogens is 309 g/mol. The average Bonchev–Trinajstić information content (AvgIpc) is 2.87. The quantitative estimate of drug-likeness (QED) is 0.917. The summed E-state index contributed by atoms with van der Waals surface area (Å²) in [4.78, 5) is 13.7. The van der Waals surface area contributed by atoms with Crippen molar-refractivity contribution in [2.24, 2.45) is 7.05 Å². The molecule has 2 aromatic rings. The fourth-order valence-electron chi connectivity index (χ4n) is 2.81. The molecule has 2 atom stereocenters. The second kappa shape index (κ2) is 5.70. The summed E-state index contributed by atoms with van der Waals surface area (Å²) in [6, 6.07) is 5.96. The monoisotopic (exact) mass is 323 g/mol. The van der Waals surface area contributed by atoms with Crippen molar-refractivity contribution in [2.45, 2.75) is 18.6 Å². The van der Waals surface area contributed by atoms with Crippen molar-refractivity contribution in [2.75, 3.05) is 11.4 Å². The van der Waals surface area contributed by atoms with Gasteiger partial charge in [0.15, 0.2) is 0 Å². The van der Waals surface area contributed by atoms with E-state index in [1.807, 2.05) is 0 Å². The standard InChI is InChI=1S/C15H15ClFN3O2/c1-19-15(22)14(16)13(7-18-19)20-8-11(21)6-12(20)9-3-2-4-10(17)5-9/h2-5,7,11-12,21H,6,8H2,1H3/t11-,12+/m0/s1. The molecule has 22 heavy (non-hydrogen) atoms. The topological polar surface area (TPSA) is 58.4 Å². The van der Waals surface area contributed by atoms with Crippen molar-refractivity contribution < 1.29 is 9.50 Å². The number of aromatic nitrogens is 2. The number of aryl methyl sites for hydroxylation is 1. The third-order valence-corrected chi connectivity index (χ3v) is 4.24. The SMILES string of the molecule is Cn1ncc(N2C[C@@H](O)C[C@@H]2c2cccc(F)c2)c(Cl)c1=O. The van der Waals surface area contributed by atoms with Crippen molar-refractivity contribution in [3.8, 4) is 0 Å². The van der Waals surface area contributed by atoms with Crippen LogP contribution in [0.15, 0.2) is 35.3 Å². The first-order valence-corrected chi connectivity index (χ1v) is 7.27. The van der Waals surface area contributed by atoms with Gasteiger partial charge in [0.1, 0.15) is 10.8 Å². The van der Waals surface area contributed by atoms with Crippen LogP contribution in [0.4, 0.5) is 10.1 Å². The minimum Gasteiger partial charge on any atom is -0.391 e. The number of halogens is 2. The molecule has 0 aliphatic carbocycles. The molecule has 0 saturated carbocycles. The number of rotatable bonds is 2. The lowest BCUT2D eigenvalue weighted by atomic mass is 10.0.